The minimum atomic E-state index is -0.483. The lowest BCUT2D eigenvalue weighted by molar-refractivity contribution is -0.112. The molecule has 1 unspecified atom stereocenters. The van der Waals surface area contributed by atoms with Gasteiger partial charge < -0.3 is 24.3 Å². The van der Waals surface area contributed by atoms with Gasteiger partial charge in [-0.15, -0.1) is 0 Å². The molecule has 1 amide bonds. The van der Waals surface area contributed by atoms with Gasteiger partial charge in [0.05, 0.1) is 37.7 Å². The summed E-state index contributed by atoms with van der Waals surface area (Å²) in [6, 6.07) is 7.79. The lowest BCUT2D eigenvalue weighted by Gasteiger charge is -2.28. The van der Waals surface area contributed by atoms with Gasteiger partial charge in [0.2, 0.25) is 0 Å². The fourth-order valence-electron chi connectivity index (χ4n) is 3.90. The molecular formula is C23H29N5O3. The minimum absolute atomic E-state index is 0.0266. The van der Waals surface area contributed by atoms with Crippen LogP contribution in [-0.2, 0) is 14.3 Å². The Morgan fingerprint density at radius 3 is 2.74 bits per heavy atom. The number of amides is 1. The number of aryl methyl sites for hydroxylation is 1. The second-order valence-corrected chi connectivity index (χ2v) is 7.63. The zero-order valence-electron chi connectivity index (χ0n) is 18.5. The van der Waals surface area contributed by atoms with Gasteiger partial charge in [-0.2, -0.15) is 5.26 Å². The van der Waals surface area contributed by atoms with E-state index in [1.54, 1.807) is 25.4 Å². The molecule has 1 N–H and O–H groups in total. The van der Waals surface area contributed by atoms with E-state index in [9.17, 15) is 10.1 Å². The van der Waals surface area contributed by atoms with Crippen LogP contribution in [0.3, 0.4) is 0 Å². The number of ether oxygens (including phenoxy) is 2. The van der Waals surface area contributed by atoms with Crippen LogP contribution in [0.5, 0.6) is 0 Å². The fraction of sp³-hybridized carbons (Fsp3) is 0.435. The molecule has 0 saturated carbocycles. The standard InChI is InChI=1S/C23H29N5O3/c1-16-11-19(18(3)28(16)17(2)15-30-4)12-20(13-24)23(29)26-22-6-5-21(14-25-22)27-7-9-31-10-8-27/h5-6,11-12,14,17H,7-10,15H2,1-4H3,(H,25,26,29)/b20-12-. The summed E-state index contributed by atoms with van der Waals surface area (Å²) >= 11 is 0. The number of aromatic nitrogens is 2. The number of carbonyl (C=O) groups excluding carboxylic acids is 1. The Labute approximate surface area is 183 Å². The first kappa shape index (κ1) is 22.5. The lowest BCUT2D eigenvalue weighted by Crippen LogP contribution is -2.36. The van der Waals surface area contributed by atoms with E-state index in [2.05, 4.69) is 26.7 Å². The van der Waals surface area contributed by atoms with Crippen LogP contribution in [0, 0.1) is 25.2 Å². The molecule has 1 aliphatic heterocycles. The number of hydrogen-bond donors (Lipinski definition) is 1. The van der Waals surface area contributed by atoms with Gasteiger partial charge in [-0.05, 0) is 50.6 Å². The third-order valence-corrected chi connectivity index (χ3v) is 5.40. The summed E-state index contributed by atoms with van der Waals surface area (Å²) in [6.07, 6.45) is 3.34. The van der Waals surface area contributed by atoms with Gasteiger partial charge in [0.25, 0.3) is 5.91 Å². The molecule has 8 heteroatoms. The smallest absolute Gasteiger partial charge is 0.267 e. The van der Waals surface area contributed by atoms with Gasteiger partial charge in [0.1, 0.15) is 17.5 Å². The van der Waals surface area contributed by atoms with Crippen molar-refractivity contribution >= 4 is 23.5 Å². The number of rotatable bonds is 7. The van der Waals surface area contributed by atoms with E-state index in [1.807, 2.05) is 32.0 Å². The number of anilines is 2. The van der Waals surface area contributed by atoms with Crippen LogP contribution in [-0.4, -0.2) is 55.5 Å². The molecule has 1 saturated heterocycles. The molecule has 0 spiro atoms. The van der Waals surface area contributed by atoms with E-state index in [0.29, 0.717) is 25.6 Å². The zero-order chi connectivity index (χ0) is 22.4. The maximum Gasteiger partial charge on any atom is 0.267 e. The van der Waals surface area contributed by atoms with Crippen LogP contribution in [0.1, 0.15) is 29.9 Å². The number of methoxy groups -OCH3 is 1. The van der Waals surface area contributed by atoms with E-state index in [4.69, 9.17) is 9.47 Å². The summed E-state index contributed by atoms with van der Waals surface area (Å²) in [5.41, 5.74) is 3.87. The molecule has 31 heavy (non-hydrogen) atoms. The number of morpholine rings is 1. The van der Waals surface area contributed by atoms with Gasteiger partial charge >= 0.3 is 0 Å². The zero-order valence-corrected chi connectivity index (χ0v) is 18.5. The topological polar surface area (TPSA) is 92.4 Å². The summed E-state index contributed by atoms with van der Waals surface area (Å²) in [7, 11) is 1.67. The number of nitrogens with zero attached hydrogens (tertiary/aromatic N) is 4. The van der Waals surface area contributed by atoms with Crippen molar-refractivity contribution in [2.24, 2.45) is 0 Å². The highest BCUT2D eigenvalue weighted by atomic mass is 16.5. The van der Waals surface area contributed by atoms with Crippen molar-refractivity contribution in [1.82, 2.24) is 9.55 Å². The van der Waals surface area contributed by atoms with Crippen LogP contribution in [0.2, 0.25) is 0 Å². The SMILES string of the molecule is COCC(C)n1c(C)cc(/C=C(/C#N)C(=O)Nc2ccc(N3CCOCC3)cn2)c1C. The minimum Gasteiger partial charge on any atom is -0.383 e. The van der Waals surface area contributed by atoms with Crippen molar-refractivity contribution in [2.45, 2.75) is 26.8 Å². The van der Waals surface area contributed by atoms with Crippen molar-refractivity contribution in [3.05, 3.63) is 46.9 Å². The number of pyridine rings is 1. The van der Waals surface area contributed by atoms with Crippen LogP contribution < -0.4 is 10.2 Å². The third kappa shape index (κ3) is 5.32. The quantitative estimate of drug-likeness (QED) is 0.543. The predicted octanol–water partition coefficient (Wildman–Crippen LogP) is 3.09. The predicted molar refractivity (Wildman–Crippen MR) is 120 cm³/mol. The molecule has 0 bridgehead atoms. The fourth-order valence-corrected chi connectivity index (χ4v) is 3.90. The van der Waals surface area contributed by atoms with Crippen molar-refractivity contribution in [1.29, 1.82) is 5.26 Å². The van der Waals surface area contributed by atoms with Gasteiger partial charge in [0.15, 0.2) is 0 Å². The number of nitriles is 1. The van der Waals surface area contributed by atoms with Crippen molar-refractivity contribution in [3.8, 4) is 6.07 Å². The van der Waals surface area contributed by atoms with Gasteiger partial charge in [-0.3, -0.25) is 4.79 Å². The van der Waals surface area contributed by atoms with Crippen molar-refractivity contribution in [2.75, 3.05) is 50.2 Å². The largest absolute Gasteiger partial charge is 0.383 e. The molecule has 2 aromatic heterocycles. The average molecular weight is 424 g/mol. The molecule has 164 valence electrons. The molecule has 0 radical (unpaired) electrons. The summed E-state index contributed by atoms with van der Waals surface area (Å²) in [4.78, 5) is 19.2. The summed E-state index contributed by atoms with van der Waals surface area (Å²) in [5, 5.41) is 12.3. The Morgan fingerprint density at radius 1 is 1.39 bits per heavy atom. The van der Waals surface area contributed by atoms with Crippen molar-refractivity contribution < 1.29 is 14.3 Å². The highest BCUT2D eigenvalue weighted by molar-refractivity contribution is 6.09. The first-order valence-corrected chi connectivity index (χ1v) is 10.3. The van der Waals surface area contributed by atoms with Gasteiger partial charge in [0, 0.05) is 31.6 Å². The van der Waals surface area contributed by atoms with Gasteiger partial charge in [-0.1, -0.05) is 0 Å². The summed E-state index contributed by atoms with van der Waals surface area (Å²) < 4.78 is 12.8. The molecule has 8 nitrogen and oxygen atoms in total. The van der Waals surface area contributed by atoms with Crippen LogP contribution >= 0.6 is 0 Å². The first-order chi connectivity index (χ1) is 14.9. The van der Waals surface area contributed by atoms with Crippen molar-refractivity contribution in [3.63, 3.8) is 0 Å². The Kier molecular flexibility index (Phi) is 7.45. The monoisotopic (exact) mass is 423 g/mol. The van der Waals surface area contributed by atoms with Crippen LogP contribution in [0.15, 0.2) is 30.0 Å². The number of hydrogen-bond acceptors (Lipinski definition) is 6. The molecule has 0 aromatic carbocycles. The Hall–Kier alpha value is -3.15. The summed E-state index contributed by atoms with van der Waals surface area (Å²) in [6.45, 7) is 9.65. The Balaban J connectivity index is 1.74. The highest BCUT2D eigenvalue weighted by Crippen LogP contribution is 2.23. The second-order valence-electron chi connectivity index (χ2n) is 7.63. The molecule has 3 rings (SSSR count). The molecular weight excluding hydrogens is 394 g/mol. The first-order valence-electron chi connectivity index (χ1n) is 10.3. The van der Waals surface area contributed by atoms with Gasteiger partial charge in [-0.25, -0.2) is 4.98 Å². The van der Waals surface area contributed by atoms with Crippen LogP contribution in [0.25, 0.3) is 6.08 Å². The maximum absolute atomic E-state index is 12.7. The average Bonchev–Trinajstić information content (AvgIpc) is 3.06. The van der Waals surface area contributed by atoms with E-state index in [0.717, 1.165) is 35.7 Å². The summed E-state index contributed by atoms with van der Waals surface area (Å²) in [5.74, 6) is -0.0776. The van der Waals surface area contributed by atoms with E-state index < -0.39 is 5.91 Å². The number of carbonyl (C=O) groups is 1. The maximum atomic E-state index is 12.7. The third-order valence-electron chi connectivity index (χ3n) is 5.40. The molecule has 3 heterocycles. The second kappa shape index (κ2) is 10.2. The Bertz CT molecular complexity index is 982. The lowest BCUT2D eigenvalue weighted by atomic mass is 10.1. The highest BCUT2D eigenvalue weighted by Gasteiger charge is 2.17. The molecule has 0 aliphatic carbocycles. The van der Waals surface area contributed by atoms with E-state index in [-0.39, 0.29) is 11.6 Å². The molecule has 2 aromatic rings. The van der Waals surface area contributed by atoms with E-state index in [1.165, 1.54) is 0 Å². The van der Waals surface area contributed by atoms with E-state index >= 15 is 0 Å². The van der Waals surface area contributed by atoms with Crippen LogP contribution in [0.4, 0.5) is 11.5 Å². The molecule has 1 atom stereocenters. The molecule has 1 fully saturated rings. The number of nitrogens with one attached hydrogen (secondary N) is 1. The molecule has 1 aliphatic rings. The normalized spacial score (nSPS) is 15.5. The Morgan fingerprint density at radius 2 is 2.13 bits per heavy atom.